The molecule has 0 aromatic carbocycles. The standard InChI is InChI=1S/C11H10F3N/c12-11(13,14)9-4-3-7-8(5-15-9)10(7)6-1-2-6/h3-7,10H,1-2H2. The highest BCUT2D eigenvalue weighted by molar-refractivity contribution is 6.00. The normalized spacial score (nSPS) is 34.1. The Bertz CT molecular complexity index is 385. The molecule has 0 bridgehead atoms. The van der Waals surface area contributed by atoms with Crippen molar-refractivity contribution in [3.63, 3.8) is 0 Å². The second-order valence-electron chi connectivity index (χ2n) is 4.39. The maximum absolute atomic E-state index is 12.3. The summed E-state index contributed by atoms with van der Waals surface area (Å²) in [6.45, 7) is 0. The van der Waals surface area contributed by atoms with Crippen LogP contribution in [-0.2, 0) is 0 Å². The summed E-state index contributed by atoms with van der Waals surface area (Å²) in [7, 11) is 0. The first-order valence-corrected chi connectivity index (χ1v) is 5.10. The molecular formula is C11H10F3N. The molecule has 0 N–H and O–H groups in total. The lowest BCUT2D eigenvalue weighted by atomic mass is 10.2. The lowest BCUT2D eigenvalue weighted by Gasteiger charge is -2.04. The van der Waals surface area contributed by atoms with E-state index in [0.717, 1.165) is 11.6 Å². The molecule has 2 saturated carbocycles. The van der Waals surface area contributed by atoms with E-state index in [1.807, 2.05) is 0 Å². The molecule has 2 aliphatic carbocycles. The Labute approximate surface area is 85.4 Å². The van der Waals surface area contributed by atoms with Crippen molar-refractivity contribution in [2.75, 3.05) is 0 Å². The number of halogens is 3. The van der Waals surface area contributed by atoms with Crippen molar-refractivity contribution >= 4 is 5.71 Å². The summed E-state index contributed by atoms with van der Waals surface area (Å²) in [4.78, 5) is 3.52. The zero-order valence-electron chi connectivity index (χ0n) is 7.96. The minimum absolute atomic E-state index is 0.237. The Hall–Kier alpha value is -1.06. The van der Waals surface area contributed by atoms with Crippen molar-refractivity contribution in [3.8, 4) is 0 Å². The number of rotatable bonds is 1. The maximum Gasteiger partial charge on any atom is 0.433 e. The van der Waals surface area contributed by atoms with Gasteiger partial charge in [0.25, 0.3) is 0 Å². The van der Waals surface area contributed by atoms with E-state index in [0.29, 0.717) is 11.8 Å². The Morgan fingerprint density at radius 1 is 1.27 bits per heavy atom. The second kappa shape index (κ2) is 2.74. The van der Waals surface area contributed by atoms with Gasteiger partial charge in [-0.25, -0.2) is 0 Å². The van der Waals surface area contributed by atoms with Crippen molar-refractivity contribution in [2.24, 2.45) is 22.7 Å². The van der Waals surface area contributed by atoms with Crippen molar-refractivity contribution in [1.29, 1.82) is 0 Å². The van der Waals surface area contributed by atoms with Gasteiger partial charge in [-0.2, -0.15) is 13.2 Å². The lowest BCUT2D eigenvalue weighted by molar-refractivity contribution is -0.0576. The van der Waals surface area contributed by atoms with E-state index in [-0.39, 0.29) is 5.92 Å². The molecule has 4 heteroatoms. The van der Waals surface area contributed by atoms with E-state index in [1.165, 1.54) is 19.0 Å². The molecule has 2 unspecified atom stereocenters. The topological polar surface area (TPSA) is 12.4 Å². The molecular weight excluding hydrogens is 203 g/mol. The van der Waals surface area contributed by atoms with Crippen LogP contribution in [0.1, 0.15) is 12.8 Å². The van der Waals surface area contributed by atoms with E-state index >= 15 is 0 Å². The number of nitrogens with zero attached hydrogens (tertiary/aromatic N) is 1. The fourth-order valence-corrected chi connectivity index (χ4v) is 2.30. The van der Waals surface area contributed by atoms with Crippen LogP contribution in [0.15, 0.2) is 28.9 Å². The van der Waals surface area contributed by atoms with Gasteiger partial charge in [-0.05, 0) is 36.3 Å². The summed E-state index contributed by atoms with van der Waals surface area (Å²) < 4.78 is 37.0. The molecule has 2 fully saturated rings. The van der Waals surface area contributed by atoms with Crippen LogP contribution >= 0.6 is 0 Å². The van der Waals surface area contributed by atoms with Crippen molar-refractivity contribution in [3.05, 3.63) is 23.9 Å². The molecule has 0 aromatic rings. The summed E-state index contributed by atoms with van der Waals surface area (Å²) in [5.41, 5.74) is 0.310. The van der Waals surface area contributed by atoms with E-state index in [2.05, 4.69) is 4.99 Å². The largest absolute Gasteiger partial charge is 0.433 e. The Morgan fingerprint density at radius 3 is 2.60 bits per heavy atom. The highest BCUT2D eigenvalue weighted by Gasteiger charge is 2.52. The minimum Gasteiger partial charge on any atom is -0.252 e. The van der Waals surface area contributed by atoms with Gasteiger partial charge in [0.2, 0.25) is 0 Å². The molecule has 1 heterocycles. The average molecular weight is 213 g/mol. The van der Waals surface area contributed by atoms with Crippen LogP contribution in [-0.4, -0.2) is 11.9 Å². The molecule has 0 spiro atoms. The number of fused-ring (bicyclic) bond motifs is 1. The smallest absolute Gasteiger partial charge is 0.252 e. The van der Waals surface area contributed by atoms with Crippen LogP contribution < -0.4 is 0 Å². The lowest BCUT2D eigenvalue weighted by Crippen LogP contribution is -2.20. The molecule has 1 aliphatic heterocycles. The van der Waals surface area contributed by atoms with E-state index in [9.17, 15) is 13.2 Å². The van der Waals surface area contributed by atoms with Crippen LogP contribution in [0, 0.1) is 17.8 Å². The summed E-state index contributed by atoms with van der Waals surface area (Å²) in [5.74, 6) is 1.45. The van der Waals surface area contributed by atoms with Gasteiger partial charge in [0.15, 0.2) is 0 Å². The number of aliphatic imine (C=N–C) groups is 1. The predicted octanol–water partition coefficient (Wildman–Crippen LogP) is 3.10. The van der Waals surface area contributed by atoms with Gasteiger partial charge in [-0.3, -0.25) is 4.99 Å². The maximum atomic E-state index is 12.3. The van der Waals surface area contributed by atoms with Crippen molar-refractivity contribution in [2.45, 2.75) is 19.0 Å². The van der Waals surface area contributed by atoms with E-state index in [1.54, 1.807) is 6.08 Å². The average Bonchev–Trinajstić information content (AvgIpc) is 2.96. The van der Waals surface area contributed by atoms with Gasteiger partial charge in [-0.15, -0.1) is 0 Å². The van der Waals surface area contributed by atoms with Crippen LogP contribution in [0.2, 0.25) is 0 Å². The Morgan fingerprint density at radius 2 is 2.00 bits per heavy atom. The molecule has 1 nitrogen and oxygen atoms in total. The van der Waals surface area contributed by atoms with Crippen LogP contribution in [0.4, 0.5) is 13.2 Å². The van der Waals surface area contributed by atoms with Crippen molar-refractivity contribution < 1.29 is 13.2 Å². The second-order valence-corrected chi connectivity index (χ2v) is 4.39. The van der Waals surface area contributed by atoms with E-state index in [4.69, 9.17) is 0 Å². The van der Waals surface area contributed by atoms with Crippen LogP contribution in [0.5, 0.6) is 0 Å². The summed E-state index contributed by atoms with van der Waals surface area (Å²) in [5, 5.41) is 0. The Kier molecular flexibility index (Phi) is 1.68. The summed E-state index contributed by atoms with van der Waals surface area (Å²) in [6, 6.07) is 0. The molecule has 80 valence electrons. The first-order chi connectivity index (χ1) is 7.07. The zero-order chi connectivity index (χ0) is 10.6. The molecule has 0 saturated heterocycles. The highest BCUT2D eigenvalue weighted by Crippen LogP contribution is 2.59. The van der Waals surface area contributed by atoms with E-state index < -0.39 is 11.9 Å². The fourth-order valence-electron chi connectivity index (χ4n) is 2.30. The van der Waals surface area contributed by atoms with Gasteiger partial charge >= 0.3 is 6.18 Å². The molecule has 3 rings (SSSR count). The number of hydrogen-bond donors (Lipinski definition) is 0. The minimum atomic E-state index is -4.32. The zero-order valence-corrected chi connectivity index (χ0v) is 7.96. The molecule has 15 heavy (non-hydrogen) atoms. The molecule has 2 atom stereocenters. The number of hydrogen-bond acceptors (Lipinski definition) is 1. The third-order valence-corrected chi connectivity index (χ3v) is 3.28. The highest BCUT2D eigenvalue weighted by atomic mass is 19.4. The summed E-state index contributed by atoms with van der Waals surface area (Å²) >= 11 is 0. The van der Waals surface area contributed by atoms with Crippen molar-refractivity contribution in [1.82, 2.24) is 0 Å². The number of allylic oxidation sites excluding steroid dienone is 3. The summed E-state index contributed by atoms with van der Waals surface area (Å²) in [6.07, 6.45) is 2.34. The van der Waals surface area contributed by atoms with Gasteiger partial charge in [-0.1, -0.05) is 6.08 Å². The monoisotopic (exact) mass is 213 g/mol. The third kappa shape index (κ3) is 1.52. The molecule has 3 aliphatic rings. The van der Waals surface area contributed by atoms with Gasteiger partial charge in [0.05, 0.1) is 0 Å². The molecule has 0 aromatic heterocycles. The third-order valence-electron chi connectivity index (χ3n) is 3.28. The molecule has 0 amide bonds. The first kappa shape index (κ1) is 9.19. The fraction of sp³-hybridized carbons (Fsp3) is 0.545. The van der Waals surface area contributed by atoms with Gasteiger partial charge < -0.3 is 0 Å². The van der Waals surface area contributed by atoms with Crippen LogP contribution in [0.3, 0.4) is 0 Å². The SMILES string of the molecule is FC(F)(F)C1=NC=C2C(C=C1)C2C1CC1. The quantitative estimate of drug-likeness (QED) is 0.634. The molecule has 0 radical (unpaired) electrons. The predicted molar refractivity (Wildman–Crippen MR) is 50.4 cm³/mol. The Balaban J connectivity index is 1.84. The van der Waals surface area contributed by atoms with Crippen LogP contribution in [0.25, 0.3) is 0 Å². The van der Waals surface area contributed by atoms with Gasteiger partial charge in [0.1, 0.15) is 5.71 Å². The number of alkyl halides is 3. The first-order valence-electron chi connectivity index (χ1n) is 5.10. The van der Waals surface area contributed by atoms with Gasteiger partial charge in [0, 0.05) is 12.1 Å².